The second-order valence-corrected chi connectivity index (χ2v) is 6.64. The smallest absolute Gasteiger partial charge is 0.389 e. The molecule has 2 N–H and O–H groups in total. The van der Waals surface area contributed by atoms with Crippen molar-refractivity contribution in [2.75, 3.05) is 0 Å². The van der Waals surface area contributed by atoms with Crippen molar-refractivity contribution in [2.45, 2.75) is 32.2 Å². The van der Waals surface area contributed by atoms with Gasteiger partial charge in [-0.15, -0.1) is 0 Å². The summed E-state index contributed by atoms with van der Waals surface area (Å²) in [5.41, 5.74) is 0.348. The fraction of sp³-hybridized carbons (Fsp3) is 0.278. The Morgan fingerprint density at radius 3 is 2.20 bits per heavy atom. The first-order valence-corrected chi connectivity index (χ1v) is 7.67. The molecule has 2 aromatic carbocycles. The Morgan fingerprint density at radius 1 is 1.04 bits per heavy atom. The van der Waals surface area contributed by atoms with Crippen LogP contribution in [0.2, 0.25) is 0 Å². The Balaban J connectivity index is 2.06. The van der Waals surface area contributed by atoms with Gasteiger partial charge >= 0.3 is 11.9 Å². The molecule has 0 aliphatic carbocycles. The van der Waals surface area contributed by atoms with Crippen LogP contribution in [-0.2, 0) is 12.7 Å². The van der Waals surface area contributed by atoms with E-state index in [4.69, 9.17) is 0 Å². The highest BCUT2D eigenvalue weighted by molar-refractivity contribution is 5.82. The number of hydrogen-bond acceptors (Lipinski definition) is 2. The van der Waals surface area contributed by atoms with Crippen molar-refractivity contribution >= 4 is 11.0 Å². The van der Waals surface area contributed by atoms with Gasteiger partial charge in [0.25, 0.3) is 0 Å². The molecule has 0 saturated carbocycles. The molecule has 1 aromatic heterocycles. The highest BCUT2D eigenvalue weighted by atomic mass is 19.4. The maximum Gasteiger partial charge on any atom is 0.416 e. The van der Waals surface area contributed by atoms with Crippen LogP contribution in [0.15, 0.2) is 47.3 Å². The molecule has 0 bridgehead atoms. The molecule has 0 amide bonds. The Bertz CT molecular complexity index is 961. The van der Waals surface area contributed by atoms with Gasteiger partial charge in [-0.1, -0.05) is 18.2 Å². The highest BCUT2D eigenvalue weighted by Gasteiger charge is 2.30. The molecule has 132 valence electrons. The molecule has 25 heavy (non-hydrogen) atoms. The second kappa shape index (κ2) is 5.77. The Labute approximate surface area is 141 Å². The number of alkyl halides is 3. The molecule has 0 aliphatic rings. The van der Waals surface area contributed by atoms with Crippen LogP contribution in [0, 0.1) is 0 Å². The van der Waals surface area contributed by atoms with Crippen LogP contribution in [-0.4, -0.2) is 20.3 Å². The summed E-state index contributed by atoms with van der Waals surface area (Å²) in [7, 11) is 0. The van der Waals surface area contributed by atoms with E-state index in [1.54, 1.807) is 32.0 Å². The topological polar surface area (TPSA) is 58.0 Å². The fourth-order valence-electron chi connectivity index (χ4n) is 2.73. The predicted octanol–water partition coefficient (Wildman–Crippen LogP) is 3.79. The fourth-order valence-corrected chi connectivity index (χ4v) is 2.73. The van der Waals surface area contributed by atoms with Gasteiger partial charge in [0.2, 0.25) is 0 Å². The van der Waals surface area contributed by atoms with Gasteiger partial charge < -0.3 is 10.1 Å². The van der Waals surface area contributed by atoms with Crippen molar-refractivity contribution in [1.29, 1.82) is 0 Å². The number of benzene rings is 2. The van der Waals surface area contributed by atoms with Crippen LogP contribution in [0.25, 0.3) is 22.2 Å². The van der Waals surface area contributed by atoms with E-state index in [1.807, 2.05) is 0 Å². The molecule has 4 nitrogen and oxygen atoms in total. The Hall–Kier alpha value is -2.54. The molecule has 7 heteroatoms. The zero-order valence-electron chi connectivity index (χ0n) is 13.7. The van der Waals surface area contributed by atoms with E-state index >= 15 is 0 Å². The summed E-state index contributed by atoms with van der Waals surface area (Å²) in [6, 6.07) is 10.0. The van der Waals surface area contributed by atoms with E-state index in [0.29, 0.717) is 22.2 Å². The molecule has 0 unspecified atom stereocenters. The third-order valence-corrected chi connectivity index (χ3v) is 3.87. The number of nitrogens with zero attached hydrogens (tertiary/aromatic N) is 1. The van der Waals surface area contributed by atoms with Gasteiger partial charge in [0.15, 0.2) is 0 Å². The summed E-state index contributed by atoms with van der Waals surface area (Å²) in [4.78, 5) is 14.8. The quantitative estimate of drug-likeness (QED) is 0.755. The molecule has 0 radical (unpaired) electrons. The van der Waals surface area contributed by atoms with Crippen LogP contribution in [0.5, 0.6) is 0 Å². The van der Waals surface area contributed by atoms with Crippen molar-refractivity contribution in [3.63, 3.8) is 0 Å². The van der Waals surface area contributed by atoms with Crippen LogP contribution in [0.1, 0.15) is 19.4 Å². The maximum atomic E-state index is 12.7. The molecule has 0 atom stereocenters. The van der Waals surface area contributed by atoms with E-state index in [9.17, 15) is 23.1 Å². The number of H-pyrrole nitrogens is 1. The molecule has 0 fully saturated rings. The standard InChI is InChI=1S/C18H17F3N2O2/c1-17(2,25)10-23-15-9-12(5-8-14(15)22-16(23)24)11-3-6-13(7-4-11)18(19,20)21/h3-9,25H,10H2,1-2H3,(H,22,24). The first-order chi connectivity index (χ1) is 11.5. The molecule has 3 rings (SSSR count). The predicted molar refractivity (Wildman–Crippen MR) is 89.3 cm³/mol. The maximum absolute atomic E-state index is 12.7. The van der Waals surface area contributed by atoms with Gasteiger partial charge in [-0.2, -0.15) is 13.2 Å². The first kappa shape index (κ1) is 17.3. The lowest BCUT2D eigenvalue weighted by atomic mass is 10.0. The average Bonchev–Trinajstić information content (AvgIpc) is 2.80. The second-order valence-electron chi connectivity index (χ2n) is 6.64. The van der Waals surface area contributed by atoms with Crippen LogP contribution in [0.3, 0.4) is 0 Å². The van der Waals surface area contributed by atoms with Crippen LogP contribution >= 0.6 is 0 Å². The summed E-state index contributed by atoms with van der Waals surface area (Å²) in [5, 5.41) is 9.99. The number of halogens is 3. The van der Waals surface area contributed by atoms with E-state index < -0.39 is 17.3 Å². The minimum atomic E-state index is -4.38. The lowest BCUT2D eigenvalue weighted by Crippen LogP contribution is -2.31. The van der Waals surface area contributed by atoms with Crippen molar-refractivity contribution in [1.82, 2.24) is 9.55 Å². The van der Waals surface area contributed by atoms with Crippen molar-refractivity contribution in [3.8, 4) is 11.1 Å². The molecule has 0 saturated heterocycles. The van der Waals surface area contributed by atoms with Crippen molar-refractivity contribution < 1.29 is 18.3 Å². The van der Waals surface area contributed by atoms with Crippen molar-refractivity contribution in [2.24, 2.45) is 0 Å². The summed E-state index contributed by atoms with van der Waals surface area (Å²) >= 11 is 0. The van der Waals surface area contributed by atoms with Gasteiger partial charge in [0.05, 0.1) is 28.7 Å². The number of fused-ring (bicyclic) bond motifs is 1. The van der Waals surface area contributed by atoms with Gasteiger partial charge in [-0.05, 0) is 49.2 Å². The lowest BCUT2D eigenvalue weighted by molar-refractivity contribution is -0.137. The number of imidazole rings is 1. The van der Waals surface area contributed by atoms with Crippen molar-refractivity contribution in [3.05, 3.63) is 58.5 Å². The third kappa shape index (κ3) is 3.61. The largest absolute Gasteiger partial charge is 0.416 e. The van der Waals surface area contributed by atoms with Crippen LogP contribution < -0.4 is 5.69 Å². The summed E-state index contributed by atoms with van der Waals surface area (Å²) in [6.07, 6.45) is -4.38. The SMILES string of the molecule is CC(C)(O)Cn1c(=O)[nH]c2ccc(-c3ccc(C(F)(F)F)cc3)cc21. The highest BCUT2D eigenvalue weighted by Crippen LogP contribution is 2.31. The Kier molecular flexibility index (Phi) is 3.99. The molecular weight excluding hydrogens is 333 g/mol. The summed E-state index contributed by atoms with van der Waals surface area (Å²) < 4.78 is 39.5. The average molecular weight is 350 g/mol. The number of hydrogen-bond donors (Lipinski definition) is 2. The number of aromatic amines is 1. The monoisotopic (exact) mass is 350 g/mol. The Morgan fingerprint density at radius 2 is 1.64 bits per heavy atom. The van der Waals surface area contributed by atoms with Gasteiger partial charge in [0.1, 0.15) is 0 Å². The van der Waals surface area contributed by atoms with E-state index in [0.717, 1.165) is 12.1 Å². The summed E-state index contributed by atoms with van der Waals surface area (Å²) in [6.45, 7) is 3.29. The van der Waals surface area contributed by atoms with E-state index in [-0.39, 0.29) is 12.2 Å². The zero-order chi connectivity index (χ0) is 18.4. The molecule has 0 aliphatic heterocycles. The van der Waals surface area contributed by atoms with Gasteiger partial charge in [-0.25, -0.2) is 4.79 Å². The van der Waals surface area contributed by atoms with E-state index in [2.05, 4.69) is 4.98 Å². The number of nitrogens with one attached hydrogen (secondary N) is 1. The first-order valence-electron chi connectivity index (χ1n) is 7.67. The molecule has 0 spiro atoms. The van der Waals surface area contributed by atoms with Crippen LogP contribution in [0.4, 0.5) is 13.2 Å². The lowest BCUT2D eigenvalue weighted by Gasteiger charge is -2.17. The van der Waals surface area contributed by atoms with Gasteiger partial charge in [-0.3, -0.25) is 4.57 Å². The summed E-state index contributed by atoms with van der Waals surface area (Å²) in [5.74, 6) is 0. The zero-order valence-corrected chi connectivity index (χ0v) is 13.7. The third-order valence-electron chi connectivity index (χ3n) is 3.87. The minimum absolute atomic E-state index is 0.0995. The number of aromatic nitrogens is 2. The van der Waals surface area contributed by atoms with E-state index in [1.165, 1.54) is 16.7 Å². The number of aliphatic hydroxyl groups is 1. The number of rotatable bonds is 3. The molecule has 1 heterocycles. The normalized spacial score (nSPS) is 12.7. The minimum Gasteiger partial charge on any atom is -0.389 e. The molecular formula is C18H17F3N2O2. The molecule has 3 aromatic rings. The van der Waals surface area contributed by atoms with Gasteiger partial charge in [0, 0.05) is 0 Å².